The van der Waals surface area contributed by atoms with E-state index in [2.05, 4.69) is 20.6 Å². The summed E-state index contributed by atoms with van der Waals surface area (Å²) >= 11 is 0. The number of nitrogens with zero attached hydrogens (tertiary/aromatic N) is 3. The van der Waals surface area contributed by atoms with Gasteiger partial charge in [0.25, 0.3) is 5.91 Å². The van der Waals surface area contributed by atoms with E-state index >= 15 is 0 Å². The highest BCUT2D eigenvalue weighted by atomic mass is 19.1. The summed E-state index contributed by atoms with van der Waals surface area (Å²) in [4.78, 5) is 61.5. The number of aromatic nitrogens is 2. The first kappa shape index (κ1) is 36.1. The van der Waals surface area contributed by atoms with Gasteiger partial charge in [-0.15, -0.1) is 0 Å². The van der Waals surface area contributed by atoms with E-state index in [0.717, 1.165) is 6.26 Å². The Hall–Kier alpha value is -4.79. The highest BCUT2D eigenvalue weighted by Crippen LogP contribution is 2.26. The van der Waals surface area contributed by atoms with Crippen LogP contribution in [0.1, 0.15) is 62.3 Å². The molecule has 0 radical (unpaired) electrons. The van der Waals surface area contributed by atoms with Crippen LogP contribution in [0.3, 0.4) is 0 Å². The molecule has 3 N–H and O–H groups in total. The molecule has 4 heterocycles. The fourth-order valence-electron chi connectivity index (χ4n) is 5.50. The number of carbonyl (C=O) groups is 4. The number of cyclic esters (lactones) is 1. The van der Waals surface area contributed by atoms with Crippen LogP contribution >= 0.6 is 0 Å². The zero-order valence-electron chi connectivity index (χ0n) is 27.4. The van der Waals surface area contributed by atoms with Gasteiger partial charge in [-0.3, -0.25) is 14.9 Å². The Labute approximate surface area is 277 Å². The molecular weight excluding hydrogens is 629 g/mol. The number of hydrogen-bond donors (Lipinski definition) is 3. The van der Waals surface area contributed by atoms with Gasteiger partial charge in [0, 0.05) is 38.3 Å². The van der Waals surface area contributed by atoms with E-state index in [9.17, 15) is 28.7 Å². The van der Waals surface area contributed by atoms with E-state index in [1.165, 1.54) is 23.3 Å². The first-order chi connectivity index (χ1) is 22.9. The summed E-state index contributed by atoms with van der Waals surface area (Å²) in [6.07, 6.45) is 6.35. The van der Waals surface area contributed by atoms with Crippen LogP contribution in [0.5, 0.6) is 0 Å². The quantitative estimate of drug-likeness (QED) is 0.401. The molecule has 0 aliphatic carbocycles. The first-order valence-corrected chi connectivity index (χ1v) is 15.8. The SMILES string of the molecule is CC1=CC(O)CC(F)Cc2nc(co2)C(=O)N2CCCC2C(=O)OC(C(C)COC(=O)Nc2coc(C)n2)C(C)/C=C/C(=O)NCC=C1. The van der Waals surface area contributed by atoms with Crippen LogP contribution in [0.2, 0.25) is 0 Å². The molecule has 2 aromatic rings. The molecule has 0 spiro atoms. The van der Waals surface area contributed by atoms with E-state index in [-0.39, 0.29) is 49.9 Å². The van der Waals surface area contributed by atoms with Crippen LogP contribution in [0.25, 0.3) is 0 Å². The van der Waals surface area contributed by atoms with Crippen LogP contribution in [0.15, 0.2) is 57.3 Å². The highest BCUT2D eigenvalue weighted by Gasteiger charge is 2.39. The van der Waals surface area contributed by atoms with Gasteiger partial charge in [-0.1, -0.05) is 43.7 Å². The Morgan fingerprint density at radius 1 is 1.21 bits per heavy atom. The monoisotopic (exact) mass is 671 g/mol. The molecule has 6 unspecified atom stereocenters. The average Bonchev–Trinajstić information content (AvgIpc) is 3.80. The van der Waals surface area contributed by atoms with Crippen molar-refractivity contribution in [1.82, 2.24) is 20.2 Å². The van der Waals surface area contributed by atoms with Crippen molar-refractivity contribution in [3.63, 3.8) is 0 Å². The molecule has 14 nitrogen and oxygen atoms in total. The predicted octanol–water partition coefficient (Wildman–Crippen LogP) is 3.83. The number of aliphatic hydroxyl groups excluding tert-OH is 1. The van der Waals surface area contributed by atoms with E-state index in [1.807, 2.05) is 0 Å². The van der Waals surface area contributed by atoms with Crippen molar-refractivity contribution in [2.75, 3.05) is 25.0 Å². The van der Waals surface area contributed by atoms with Crippen molar-refractivity contribution in [3.05, 3.63) is 66.0 Å². The number of hydrogen-bond acceptors (Lipinski definition) is 11. The van der Waals surface area contributed by atoms with Gasteiger partial charge in [-0.25, -0.2) is 19.0 Å². The minimum absolute atomic E-state index is 0.0108. The summed E-state index contributed by atoms with van der Waals surface area (Å²) in [6, 6.07) is -0.932. The Balaban J connectivity index is 1.54. The normalized spacial score (nSPS) is 26.1. The van der Waals surface area contributed by atoms with Crippen molar-refractivity contribution in [2.45, 2.75) is 77.8 Å². The van der Waals surface area contributed by atoms with E-state index < -0.39 is 60.1 Å². The molecular formula is C33H42FN5O9. The Morgan fingerprint density at radius 2 is 2.00 bits per heavy atom. The molecule has 2 bridgehead atoms. The smallest absolute Gasteiger partial charge is 0.412 e. The number of alkyl halides is 1. The van der Waals surface area contributed by atoms with E-state index in [1.54, 1.807) is 45.9 Å². The summed E-state index contributed by atoms with van der Waals surface area (Å²) in [5, 5.41) is 15.5. The van der Waals surface area contributed by atoms with E-state index in [0.29, 0.717) is 24.3 Å². The number of amides is 3. The number of halogens is 1. The van der Waals surface area contributed by atoms with Crippen molar-refractivity contribution < 1.29 is 47.0 Å². The molecule has 3 amide bonds. The van der Waals surface area contributed by atoms with Crippen LogP contribution < -0.4 is 10.6 Å². The summed E-state index contributed by atoms with van der Waals surface area (Å²) in [5.74, 6) is -2.16. The van der Waals surface area contributed by atoms with Crippen LogP contribution in [-0.2, 0) is 25.5 Å². The summed E-state index contributed by atoms with van der Waals surface area (Å²) < 4.78 is 36.6. The Morgan fingerprint density at radius 3 is 2.75 bits per heavy atom. The second kappa shape index (κ2) is 16.9. The van der Waals surface area contributed by atoms with Gasteiger partial charge in [-0.2, -0.15) is 4.98 Å². The number of carbonyl (C=O) groups excluding carboxylic acids is 4. The molecule has 1 saturated heterocycles. The molecule has 15 heteroatoms. The summed E-state index contributed by atoms with van der Waals surface area (Å²) in [7, 11) is 0. The topological polar surface area (TPSA) is 186 Å². The summed E-state index contributed by atoms with van der Waals surface area (Å²) in [5.41, 5.74) is 0.590. The van der Waals surface area contributed by atoms with Gasteiger partial charge in [0.05, 0.1) is 19.1 Å². The number of oxazole rings is 2. The molecule has 48 heavy (non-hydrogen) atoms. The lowest BCUT2D eigenvalue weighted by Gasteiger charge is -2.30. The van der Waals surface area contributed by atoms with Crippen molar-refractivity contribution >= 4 is 29.7 Å². The molecule has 2 aromatic heterocycles. The highest BCUT2D eigenvalue weighted by molar-refractivity contribution is 5.95. The molecule has 0 saturated carbocycles. The third kappa shape index (κ3) is 10.4. The lowest BCUT2D eigenvalue weighted by atomic mass is 9.93. The number of aliphatic hydroxyl groups is 1. The largest absolute Gasteiger partial charge is 0.460 e. The minimum Gasteiger partial charge on any atom is -0.460 e. The van der Waals surface area contributed by atoms with Crippen LogP contribution in [-0.4, -0.2) is 88.0 Å². The number of esters is 1. The number of fused-ring (bicyclic) bond motifs is 3. The van der Waals surface area contributed by atoms with Gasteiger partial charge < -0.3 is 33.6 Å². The Kier molecular flexibility index (Phi) is 12.7. The number of allylic oxidation sites excluding steroid dienone is 2. The van der Waals surface area contributed by atoms with Crippen LogP contribution in [0.4, 0.5) is 15.0 Å². The second-order valence-electron chi connectivity index (χ2n) is 12.0. The van der Waals surface area contributed by atoms with Gasteiger partial charge in [0.1, 0.15) is 30.8 Å². The second-order valence-corrected chi connectivity index (χ2v) is 12.0. The standard InChI is InChI=1S/C33H42FN5O9/c1-19-7-5-11-35-28(41)10-9-20(2)30(21(3)16-47-33(44)38-27-18-45-22(4)36-27)48-32(43)26-8-6-12-39(26)31(42)25-17-46-29(37-25)15-23(34)14-24(40)13-19/h5,7,9-10,13,17-18,20-21,23-24,26,30,40H,6,8,11-12,14-16H2,1-4H3,(H,35,41)(H,38,44)/b7-5?,10-9+,19-13?. The van der Waals surface area contributed by atoms with Gasteiger partial charge in [0.2, 0.25) is 5.91 Å². The maximum Gasteiger partial charge on any atom is 0.412 e. The Bertz CT molecular complexity index is 1530. The van der Waals surface area contributed by atoms with Crippen molar-refractivity contribution in [2.24, 2.45) is 11.8 Å². The number of nitrogens with one attached hydrogen (secondary N) is 2. The first-order valence-electron chi connectivity index (χ1n) is 15.8. The average molecular weight is 672 g/mol. The van der Waals surface area contributed by atoms with Gasteiger partial charge >= 0.3 is 12.1 Å². The molecule has 1 fully saturated rings. The lowest BCUT2D eigenvalue weighted by molar-refractivity contribution is -0.159. The van der Waals surface area contributed by atoms with Crippen LogP contribution in [0, 0.1) is 18.8 Å². The number of ether oxygens (including phenoxy) is 2. The maximum atomic E-state index is 14.8. The van der Waals surface area contributed by atoms with E-state index in [4.69, 9.17) is 18.3 Å². The van der Waals surface area contributed by atoms with Gasteiger partial charge in [0.15, 0.2) is 23.3 Å². The zero-order valence-corrected chi connectivity index (χ0v) is 27.4. The number of aryl methyl sites for hydroxylation is 1. The predicted molar refractivity (Wildman–Crippen MR) is 169 cm³/mol. The van der Waals surface area contributed by atoms with Crippen molar-refractivity contribution in [3.8, 4) is 0 Å². The molecule has 2 aliphatic heterocycles. The minimum atomic E-state index is -1.50. The fourth-order valence-corrected chi connectivity index (χ4v) is 5.50. The number of rotatable bonds is 4. The lowest BCUT2D eigenvalue weighted by Crippen LogP contribution is -2.44. The van der Waals surface area contributed by atoms with Crippen molar-refractivity contribution in [1.29, 1.82) is 0 Å². The molecule has 2 aliphatic rings. The molecule has 260 valence electrons. The third-order valence-electron chi connectivity index (χ3n) is 7.89. The third-order valence-corrected chi connectivity index (χ3v) is 7.89. The molecule has 0 aromatic carbocycles. The fraction of sp³-hybridized carbons (Fsp3) is 0.515. The summed E-state index contributed by atoms with van der Waals surface area (Å²) in [6.45, 7) is 7.14. The maximum absolute atomic E-state index is 14.8. The molecule has 4 rings (SSSR count). The zero-order chi connectivity index (χ0) is 34.8. The van der Waals surface area contributed by atoms with Gasteiger partial charge in [-0.05, 0) is 25.8 Å². The number of anilines is 1. The molecule has 6 atom stereocenters.